The average molecular weight is 332 g/mol. The molecule has 1 aromatic heterocycles. The molecule has 1 saturated carbocycles. The molecule has 0 unspecified atom stereocenters. The molecule has 2 heterocycles. The van der Waals surface area contributed by atoms with E-state index in [9.17, 15) is 4.79 Å². The quantitative estimate of drug-likeness (QED) is 0.883. The number of aromatic amines is 1. The molecule has 2 N–H and O–H groups in total. The van der Waals surface area contributed by atoms with Crippen LogP contribution < -0.4 is 5.32 Å². The molecule has 1 aliphatic carbocycles. The van der Waals surface area contributed by atoms with Crippen LogP contribution >= 0.6 is 23.5 Å². The van der Waals surface area contributed by atoms with Crippen LogP contribution in [0.25, 0.3) is 10.9 Å². The third-order valence-electron chi connectivity index (χ3n) is 4.59. The SMILES string of the molecule is Cc1ccc2cc(C(=O)N[C@@H]3CC[C@H]4SCCS[C@H]34)[nH]c2c1. The Morgan fingerprint density at radius 1 is 1.23 bits per heavy atom. The Balaban J connectivity index is 1.51. The van der Waals surface area contributed by atoms with E-state index in [1.54, 1.807) is 0 Å². The fraction of sp³-hybridized carbons (Fsp3) is 0.471. The minimum Gasteiger partial charge on any atom is -0.351 e. The predicted molar refractivity (Wildman–Crippen MR) is 96.0 cm³/mol. The molecule has 0 radical (unpaired) electrons. The van der Waals surface area contributed by atoms with Crippen LogP contribution in [0.3, 0.4) is 0 Å². The van der Waals surface area contributed by atoms with Crippen LogP contribution in [0.15, 0.2) is 24.3 Å². The summed E-state index contributed by atoms with van der Waals surface area (Å²) >= 11 is 4.13. The second-order valence-electron chi connectivity index (χ2n) is 6.18. The van der Waals surface area contributed by atoms with E-state index in [0.29, 0.717) is 17.0 Å². The van der Waals surface area contributed by atoms with Crippen molar-refractivity contribution in [1.29, 1.82) is 0 Å². The molecule has 116 valence electrons. The van der Waals surface area contributed by atoms with Crippen molar-refractivity contribution in [3.05, 3.63) is 35.5 Å². The largest absolute Gasteiger partial charge is 0.351 e. The highest BCUT2D eigenvalue weighted by atomic mass is 32.2. The van der Waals surface area contributed by atoms with Gasteiger partial charge in [0.25, 0.3) is 5.91 Å². The lowest BCUT2D eigenvalue weighted by Gasteiger charge is -2.28. The number of hydrogen-bond acceptors (Lipinski definition) is 3. The standard InChI is InChI=1S/C17H20N2OS2/c1-10-2-3-11-9-14(18-13(11)8-10)17(20)19-12-4-5-15-16(12)22-7-6-21-15/h2-3,8-9,12,15-16,18H,4-7H2,1H3,(H,19,20)/t12-,15-,16-/m1/s1. The molecule has 22 heavy (non-hydrogen) atoms. The van der Waals surface area contributed by atoms with E-state index in [0.717, 1.165) is 22.6 Å². The second kappa shape index (κ2) is 5.85. The number of aryl methyl sites for hydroxylation is 1. The number of nitrogens with one attached hydrogen (secondary N) is 2. The maximum Gasteiger partial charge on any atom is 0.267 e. The fourth-order valence-corrected chi connectivity index (χ4v) is 6.77. The summed E-state index contributed by atoms with van der Waals surface area (Å²) < 4.78 is 0. The maximum absolute atomic E-state index is 12.6. The highest BCUT2D eigenvalue weighted by Crippen LogP contribution is 2.42. The third kappa shape index (κ3) is 2.65. The van der Waals surface area contributed by atoms with Crippen molar-refractivity contribution in [1.82, 2.24) is 10.3 Å². The van der Waals surface area contributed by atoms with Crippen molar-refractivity contribution in [2.75, 3.05) is 11.5 Å². The molecule has 2 aromatic rings. The summed E-state index contributed by atoms with van der Waals surface area (Å²) in [5.41, 5.74) is 2.92. The summed E-state index contributed by atoms with van der Waals surface area (Å²) in [5.74, 6) is 2.51. The summed E-state index contributed by atoms with van der Waals surface area (Å²) in [6.07, 6.45) is 2.35. The molecule has 0 spiro atoms. The second-order valence-corrected chi connectivity index (χ2v) is 8.81. The van der Waals surface area contributed by atoms with Crippen LogP contribution in [0.5, 0.6) is 0 Å². The topological polar surface area (TPSA) is 44.9 Å². The Labute approximate surface area is 139 Å². The van der Waals surface area contributed by atoms with E-state index in [1.807, 2.05) is 17.8 Å². The number of rotatable bonds is 2. The maximum atomic E-state index is 12.6. The van der Waals surface area contributed by atoms with Crippen LogP contribution in [0, 0.1) is 6.92 Å². The molecule has 1 amide bonds. The molecule has 4 rings (SSSR count). The molecule has 2 fully saturated rings. The van der Waals surface area contributed by atoms with Gasteiger partial charge in [-0.25, -0.2) is 0 Å². The van der Waals surface area contributed by atoms with Gasteiger partial charge in [-0.15, -0.1) is 0 Å². The number of hydrogen-bond donors (Lipinski definition) is 2. The van der Waals surface area contributed by atoms with E-state index in [-0.39, 0.29) is 5.91 Å². The number of carbonyl (C=O) groups excluding carboxylic acids is 1. The lowest BCUT2D eigenvalue weighted by Crippen LogP contribution is -2.42. The van der Waals surface area contributed by atoms with Crippen molar-refractivity contribution >= 4 is 40.3 Å². The van der Waals surface area contributed by atoms with Crippen LogP contribution in [0.1, 0.15) is 28.9 Å². The Bertz CT molecular complexity index is 712. The number of aromatic nitrogens is 1. The number of fused-ring (bicyclic) bond motifs is 2. The molecule has 1 aromatic carbocycles. The normalized spacial score (nSPS) is 27.8. The van der Waals surface area contributed by atoms with Gasteiger partial charge in [0.1, 0.15) is 5.69 Å². The van der Waals surface area contributed by atoms with Gasteiger partial charge in [-0.05, 0) is 37.5 Å². The van der Waals surface area contributed by atoms with E-state index < -0.39 is 0 Å². The molecule has 1 aliphatic heterocycles. The van der Waals surface area contributed by atoms with Gasteiger partial charge in [0.2, 0.25) is 0 Å². The molecule has 2 aliphatic rings. The van der Waals surface area contributed by atoms with Gasteiger partial charge in [0.05, 0.1) is 0 Å². The van der Waals surface area contributed by atoms with Crippen molar-refractivity contribution in [3.63, 3.8) is 0 Å². The van der Waals surface area contributed by atoms with Gasteiger partial charge >= 0.3 is 0 Å². The van der Waals surface area contributed by atoms with Crippen LogP contribution in [-0.4, -0.2) is 38.9 Å². The Kier molecular flexibility index (Phi) is 3.86. The predicted octanol–water partition coefficient (Wildman–Crippen LogP) is 3.59. The van der Waals surface area contributed by atoms with Crippen molar-refractivity contribution in [2.24, 2.45) is 0 Å². The number of H-pyrrole nitrogens is 1. The van der Waals surface area contributed by atoms with Gasteiger partial charge in [-0.2, -0.15) is 23.5 Å². The molecule has 1 saturated heterocycles. The zero-order chi connectivity index (χ0) is 15.1. The first-order valence-electron chi connectivity index (χ1n) is 7.84. The number of amides is 1. The fourth-order valence-electron chi connectivity index (χ4n) is 3.48. The highest BCUT2D eigenvalue weighted by Gasteiger charge is 2.39. The number of carbonyl (C=O) groups is 1. The molecule has 3 nitrogen and oxygen atoms in total. The van der Waals surface area contributed by atoms with Crippen LogP contribution in [-0.2, 0) is 0 Å². The number of thioether (sulfide) groups is 2. The van der Waals surface area contributed by atoms with Crippen LogP contribution in [0.4, 0.5) is 0 Å². The minimum atomic E-state index is 0.0377. The average Bonchev–Trinajstić information content (AvgIpc) is 3.11. The lowest BCUT2D eigenvalue weighted by molar-refractivity contribution is 0.0934. The summed E-state index contributed by atoms with van der Waals surface area (Å²) in [5, 5.41) is 5.69. The van der Waals surface area contributed by atoms with Crippen molar-refractivity contribution < 1.29 is 4.79 Å². The monoisotopic (exact) mass is 332 g/mol. The van der Waals surface area contributed by atoms with Gasteiger partial charge in [-0.1, -0.05) is 12.1 Å². The highest BCUT2D eigenvalue weighted by molar-refractivity contribution is 8.07. The summed E-state index contributed by atoms with van der Waals surface area (Å²) in [4.78, 5) is 15.8. The van der Waals surface area contributed by atoms with Gasteiger partial charge in [0, 0.05) is 39.0 Å². The third-order valence-corrected chi connectivity index (χ3v) is 7.90. The van der Waals surface area contributed by atoms with Crippen molar-refractivity contribution in [2.45, 2.75) is 36.3 Å². The smallest absolute Gasteiger partial charge is 0.267 e. The Morgan fingerprint density at radius 3 is 3.00 bits per heavy atom. The van der Waals surface area contributed by atoms with E-state index in [2.05, 4.69) is 47.2 Å². The van der Waals surface area contributed by atoms with E-state index >= 15 is 0 Å². The van der Waals surface area contributed by atoms with Gasteiger partial charge < -0.3 is 10.3 Å². The first kappa shape index (κ1) is 14.5. The molecule has 5 heteroatoms. The van der Waals surface area contributed by atoms with Crippen molar-refractivity contribution in [3.8, 4) is 0 Å². The Morgan fingerprint density at radius 2 is 2.09 bits per heavy atom. The zero-order valence-electron chi connectivity index (χ0n) is 12.6. The summed E-state index contributed by atoms with van der Waals surface area (Å²) in [6.45, 7) is 2.07. The molecular weight excluding hydrogens is 312 g/mol. The zero-order valence-corrected chi connectivity index (χ0v) is 14.2. The number of benzene rings is 1. The van der Waals surface area contributed by atoms with E-state index in [4.69, 9.17) is 0 Å². The lowest BCUT2D eigenvalue weighted by atomic mass is 10.2. The van der Waals surface area contributed by atoms with Crippen LogP contribution in [0.2, 0.25) is 0 Å². The summed E-state index contributed by atoms with van der Waals surface area (Å²) in [6, 6.07) is 8.51. The first-order chi connectivity index (χ1) is 10.7. The van der Waals surface area contributed by atoms with Gasteiger partial charge in [-0.3, -0.25) is 4.79 Å². The summed E-state index contributed by atoms with van der Waals surface area (Å²) in [7, 11) is 0. The van der Waals surface area contributed by atoms with Gasteiger partial charge in [0.15, 0.2) is 0 Å². The molecule has 3 atom stereocenters. The molecular formula is C17H20N2OS2. The van der Waals surface area contributed by atoms with E-state index in [1.165, 1.54) is 23.5 Å². The minimum absolute atomic E-state index is 0.0377. The molecule has 0 bridgehead atoms. The Hall–Kier alpha value is -1.07. The first-order valence-corrected chi connectivity index (χ1v) is 9.94.